The maximum absolute atomic E-state index is 12.4. The van der Waals surface area contributed by atoms with E-state index < -0.39 is 17.3 Å². The summed E-state index contributed by atoms with van der Waals surface area (Å²) < 4.78 is 37.1. The van der Waals surface area contributed by atoms with E-state index in [1.807, 2.05) is 13.8 Å². The van der Waals surface area contributed by atoms with Gasteiger partial charge in [-0.3, -0.25) is 0 Å². The van der Waals surface area contributed by atoms with E-state index in [0.717, 1.165) is 24.1 Å². The van der Waals surface area contributed by atoms with Gasteiger partial charge in [0, 0.05) is 5.54 Å². The van der Waals surface area contributed by atoms with E-state index in [1.165, 1.54) is 12.1 Å². The third-order valence-electron chi connectivity index (χ3n) is 3.53. The van der Waals surface area contributed by atoms with Crippen molar-refractivity contribution in [3.05, 3.63) is 35.4 Å². The molecule has 1 unspecified atom stereocenters. The van der Waals surface area contributed by atoms with Crippen LogP contribution in [0.15, 0.2) is 24.3 Å². The highest BCUT2D eigenvalue weighted by Crippen LogP contribution is 2.60. The molecule has 16 heavy (non-hydrogen) atoms. The summed E-state index contributed by atoms with van der Waals surface area (Å²) in [6, 6.07) is 5.16. The van der Waals surface area contributed by atoms with Crippen molar-refractivity contribution in [1.29, 1.82) is 0 Å². The predicted molar refractivity (Wildman–Crippen MR) is 55.7 cm³/mol. The fourth-order valence-electron chi connectivity index (χ4n) is 2.10. The molecule has 0 spiro atoms. The fraction of sp³-hybridized carbons (Fsp3) is 0.500. The monoisotopic (exact) mass is 229 g/mol. The number of rotatable bonds is 1. The SMILES string of the molecule is CC1(C)CC1(N)c1ccc(C(F)(F)F)cc1. The lowest BCUT2D eigenvalue weighted by Crippen LogP contribution is -2.25. The molecular weight excluding hydrogens is 215 g/mol. The van der Waals surface area contributed by atoms with Gasteiger partial charge in [0.1, 0.15) is 0 Å². The Labute approximate surface area is 92.5 Å². The Kier molecular flexibility index (Phi) is 2.15. The molecule has 4 heteroatoms. The summed E-state index contributed by atoms with van der Waals surface area (Å²) in [7, 11) is 0. The largest absolute Gasteiger partial charge is 0.416 e. The van der Waals surface area contributed by atoms with Crippen LogP contribution in [-0.4, -0.2) is 0 Å². The molecule has 2 N–H and O–H groups in total. The molecule has 0 radical (unpaired) electrons. The second-order valence-corrected chi connectivity index (χ2v) is 5.11. The van der Waals surface area contributed by atoms with E-state index >= 15 is 0 Å². The zero-order chi connectivity index (χ0) is 12.2. The van der Waals surface area contributed by atoms with Crippen molar-refractivity contribution in [2.75, 3.05) is 0 Å². The van der Waals surface area contributed by atoms with Gasteiger partial charge in [0.25, 0.3) is 0 Å². The predicted octanol–water partition coefficient (Wildman–Crippen LogP) is 3.29. The topological polar surface area (TPSA) is 26.0 Å². The normalized spacial score (nSPS) is 27.9. The molecule has 0 bridgehead atoms. The minimum Gasteiger partial charge on any atom is -0.321 e. The highest BCUT2D eigenvalue weighted by atomic mass is 19.4. The molecule has 1 aliphatic rings. The summed E-state index contributed by atoms with van der Waals surface area (Å²) in [6.45, 7) is 4.04. The van der Waals surface area contributed by atoms with Crippen LogP contribution in [0.5, 0.6) is 0 Å². The highest BCUT2D eigenvalue weighted by molar-refractivity contribution is 5.37. The van der Waals surface area contributed by atoms with Crippen molar-refractivity contribution in [2.24, 2.45) is 11.1 Å². The van der Waals surface area contributed by atoms with Gasteiger partial charge >= 0.3 is 6.18 Å². The van der Waals surface area contributed by atoms with Crippen LogP contribution in [0.2, 0.25) is 0 Å². The Morgan fingerprint density at radius 3 is 1.88 bits per heavy atom. The standard InChI is InChI=1S/C12H14F3N/c1-10(2)7-11(10,16)8-3-5-9(6-4-8)12(13,14)15/h3-6H,7,16H2,1-2H3. The van der Waals surface area contributed by atoms with Gasteiger partial charge in [-0.25, -0.2) is 0 Å². The lowest BCUT2D eigenvalue weighted by Gasteiger charge is -2.16. The van der Waals surface area contributed by atoms with Crippen LogP contribution in [0.4, 0.5) is 13.2 Å². The van der Waals surface area contributed by atoms with Gasteiger partial charge in [0.05, 0.1) is 5.56 Å². The van der Waals surface area contributed by atoms with Gasteiger partial charge in [-0.2, -0.15) is 13.2 Å². The average molecular weight is 229 g/mol. The molecule has 2 rings (SSSR count). The van der Waals surface area contributed by atoms with Crippen molar-refractivity contribution >= 4 is 0 Å². The molecule has 1 atom stereocenters. The first kappa shape index (κ1) is 11.5. The molecule has 1 aromatic rings. The van der Waals surface area contributed by atoms with Gasteiger partial charge in [-0.15, -0.1) is 0 Å². The van der Waals surface area contributed by atoms with Crippen molar-refractivity contribution in [3.8, 4) is 0 Å². The lowest BCUT2D eigenvalue weighted by atomic mass is 9.96. The van der Waals surface area contributed by atoms with Crippen molar-refractivity contribution in [3.63, 3.8) is 0 Å². The molecule has 0 aliphatic heterocycles. The first-order valence-corrected chi connectivity index (χ1v) is 5.13. The highest BCUT2D eigenvalue weighted by Gasteiger charge is 2.59. The van der Waals surface area contributed by atoms with Crippen LogP contribution < -0.4 is 5.73 Å². The zero-order valence-electron chi connectivity index (χ0n) is 9.23. The summed E-state index contributed by atoms with van der Waals surface area (Å²) in [5.74, 6) is 0. The van der Waals surface area contributed by atoms with Crippen LogP contribution in [0.1, 0.15) is 31.4 Å². The molecule has 1 aliphatic carbocycles. The number of alkyl halides is 3. The lowest BCUT2D eigenvalue weighted by molar-refractivity contribution is -0.137. The quantitative estimate of drug-likeness (QED) is 0.785. The number of hydrogen-bond donors (Lipinski definition) is 1. The van der Waals surface area contributed by atoms with Gasteiger partial charge < -0.3 is 5.73 Å². The Bertz CT molecular complexity index is 405. The number of halogens is 3. The first-order chi connectivity index (χ1) is 7.17. The first-order valence-electron chi connectivity index (χ1n) is 5.13. The average Bonchev–Trinajstić information content (AvgIpc) is 2.66. The summed E-state index contributed by atoms with van der Waals surface area (Å²) in [5.41, 5.74) is 5.80. The fourth-order valence-corrected chi connectivity index (χ4v) is 2.10. The third-order valence-corrected chi connectivity index (χ3v) is 3.53. The second kappa shape index (κ2) is 3.00. The minimum atomic E-state index is -4.28. The molecule has 0 heterocycles. The Morgan fingerprint density at radius 1 is 1.12 bits per heavy atom. The Hall–Kier alpha value is -1.03. The Balaban J connectivity index is 2.28. The summed E-state index contributed by atoms with van der Waals surface area (Å²) in [4.78, 5) is 0. The smallest absolute Gasteiger partial charge is 0.321 e. The van der Waals surface area contributed by atoms with E-state index in [9.17, 15) is 13.2 Å². The van der Waals surface area contributed by atoms with Crippen LogP contribution in [-0.2, 0) is 11.7 Å². The molecule has 1 saturated carbocycles. The van der Waals surface area contributed by atoms with E-state index in [1.54, 1.807) is 0 Å². The molecular formula is C12H14F3N. The van der Waals surface area contributed by atoms with Crippen LogP contribution >= 0.6 is 0 Å². The number of nitrogens with two attached hydrogens (primary N) is 1. The maximum atomic E-state index is 12.4. The number of hydrogen-bond acceptors (Lipinski definition) is 1. The minimum absolute atomic E-state index is 0.0211. The molecule has 0 aromatic heterocycles. The van der Waals surface area contributed by atoms with Gasteiger partial charge in [0.2, 0.25) is 0 Å². The molecule has 1 fully saturated rings. The van der Waals surface area contributed by atoms with Gasteiger partial charge in [-0.05, 0) is 29.5 Å². The van der Waals surface area contributed by atoms with Crippen LogP contribution in [0.3, 0.4) is 0 Å². The third kappa shape index (κ3) is 1.61. The van der Waals surface area contributed by atoms with E-state index in [2.05, 4.69) is 0 Å². The number of benzene rings is 1. The van der Waals surface area contributed by atoms with Crippen LogP contribution in [0, 0.1) is 5.41 Å². The van der Waals surface area contributed by atoms with Crippen molar-refractivity contribution < 1.29 is 13.2 Å². The van der Waals surface area contributed by atoms with E-state index in [4.69, 9.17) is 5.73 Å². The van der Waals surface area contributed by atoms with Gasteiger partial charge in [0.15, 0.2) is 0 Å². The van der Waals surface area contributed by atoms with E-state index in [-0.39, 0.29) is 5.41 Å². The molecule has 1 aromatic carbocycles. The van der Waals surface area contributed by atoms with Gasteiger partial charge in [-0.1, -0.05) is 26.0 Å². The molecule has 0 saturated heterocycles. The summed E-state index contributed by atoms with van der Waals surface area (Å²) in [5, 5.41) is 0. The summed E-state index contributed by atoms with van der Waals surface area (Å²) >= 11 is 0. The maximum Gasteiger partial charge on any atom is 0.416 e. The molecule has 0 amide bonds. The second-order valence-electron chi connectivity index (χ2n) is 5.11. The van der Waals surface area contributed by atoms with E-state index in [0.29, 0.717) is 0 Å². The van der Waals surface area contributed by atoms with Crippen LogP contribution in [0.25, 0.3) is 0 Å². The molecule has 1 nitrogen and oxygen atoms in total. The summed E-state index contributed by atoms with van der Waals surface area (Å²) in [6.07, 6.45) is -3.47. The van der Waals surface area contributed by atoms with Crippen molar-refractivity contribution in [2.45, 2.75) is 32.0 Å². The Morgan fingerprint density at radius 2 is 1.56 bits per heavy atom. The zero-order valence-corrected chi connectivity index (χ0v) is 9.23. The molecule has 88 valence electrons. The van der Waals surface area contributed by atoms with Crippen molar-refractivity contribution in [1.82, 2.24) is 0 Å².